The molecule has 1 aromatic heterocycles. The van der Waals surface area contributed by atoms with Gasteiger partial charge >= 0.3 is 5.97 Å². The molecular weight excluding hydrogens is 484 g/mol. The molecule has 35 heavy (non-hydrogen) atoms. The van der Waals surface area contributed by atoms with Crippen molar-refractivity contribution in [2.75, 3.05) is 25.5 Å². The van der Waals surface area contributed by atoms with E-state index in [0.29, 0.717) is 36.5 Å². The molecule has 2 heterocycles. The first-order chi connectivity index (χ1) is 16.8. The highest BCUT2D eigenvalue weighted by Crippen LogP contribution is 2.30. The molecule has 0 radical (unpaired) electrons. The number of thiophene rings is 1. The minimum atomic E-state index is -3.63. The van der Waals surface area contributed by atoms with E-state index >= 15 is 0 Å². The topological polar surface area (TPSA) is 92.8 Å². The number of fused-ring (bicyclic) bond motifs is 2. The monoisotopic (exact) mass is 508 g/mol. The number of ether oxygens (including phenoxy) is 1. The van der Waals surface area contributed by atoms with Gasteiger partial charge in [-0.1, -0.05) is 30.3 Å². The Balaban J connectivity index is 1.24. The number of sulfonamides is 1. The number of amides is 1. The number of esters is 1. The lowest BCUT2D eigenvalue weighted by Gasteiger charge is -2.30. The van der Waals surface area contributed by atoms with Gasteiger partial charge in [0, 0.05) is 29.4 Å². The van der Waals surface area contributed by atoms with Crippen LogP contribution in [0.25, 0.3) is 20.9 Å². The van der Waals surface area contributed by atoms with E-state index in [-0.39, 0.29) is 22.7 Å². The second-order valence-electron chi connectivity index (χ2n) is 8.53. The van der Waals surface area contributed by atoms with E-state index in [1.54, 1.807) is 24.3 Å². The first kappa shape index (κ1) is 23.5. The fourth-order valence-electron chi connectivity index (χ4n) is 4.40. The summed E-state index contributed by atoms with van der Waals surface area (Å²) in [4.78, 5) is 25.4. The van der Waals surface area contributed by atoms with E-state index in [0.717, 1.165) is 20.9 Å². The highest BCUT2D eigenvalue weighted by molar-refractivity contribution is 7.89. The van der Waals surface area contributed by atoms with Crippen molar-refractivity contribution >= 4 is 59.8 Å². The van der Waals surface area contributed by atoms with Crippen molar-refractivity contribution in [3.63, 3.8) is 0 Å². The number of anilines is 1. The summed E-state index contributed by atoms with van der Waals surface area (Å²) in [5, 5.41) is 5.66. The molecule has 1 aliphatic heterocycles. The Kier molecular flexibility index (Phi) is 6.31. The van der Waals surface area contributed by atoms with E-state index in [1.165, 1.54) is 22.8 Å². The van der Waals surface area contributed by atoms with E-state index in [9.17, 15) is 18.0 Å². The van der Waals surface area contributed by atoms with Gasteiger partial charge in [0.1, 0.15) is 4.88 Å². The number of nitrogens with one attached hydrogen (secondary N) is 1. The van der Waals surface area contributed by atoms with Crippen LogP contribution >= 0.6 is 11.3 Å². The maximum absolute atomic E-state index is 13.2. The Bertz CT molecular complexity index is 1540. The number of methoxy groups -OCH3 is 1. The SMILES string of the molecule is COC(=O)c1cc2cc(NC(=O)C3CCN(S(=O)(=O)c4ccc5ccccc5c4)CC3)ccc2s1. The lowest BCUT2D eigenvalue weighted by atomic mass is 9.97. The average Bonchev–Trinajstić information content (AvgIpc) is 3.31. The zero-order valence-electron chi connectivity index (χ0n) is 19.1. The fourth-order valence-corrected chi connectivity index (χ4v) is 6.87. The van der Waals surface area contributed by atoms with Crippen LogP contribution in [0, 0.1) is 5.92 Å². The third-order valence-corrected chi connectivity index (χ3v) is 9.34. The molecule has 1 N–H and O–H groups in total. The highest BCUT2D eigenvalue weighted by atomic mass is 32.2. The zero-order chi connectivity index (χ0) is 24.6. The number of piperidine rings is 1. The molecule has 0 saturated carbocycles. The van der Waals surface area contributed by atoms with Crippen molar-refractivity contribution in [1.29, 1.82) is 0 Å². The summed E-state index contributed by atoms with van der Waals surface area (Å²) in [7, 11) is -2.28. The van der Waals surface area contributed by atoms with Crippen LogP contribution in [0.15, 0.2) is 71.6 Å². The molecule has 9 heteroatoms. The van der Waals surface area contributed by atoms with Gasteiger partial charge in [-0.25, -0.2) is 13.2 Å². The van der Waals surface area contributed by atoms with E-state index < -0.39 is 10.0 Å². The third kappa shape index (κ3) is 4.67. The standard InChI is InChI=1S/C26H24N2O5S2/c1-33-26(30)24-16-20-14-21(7-9-23(20)34-24)27-25(29)18-10-12-28(13-11-18)35(31,32)22-8-6-17-4-2-3-5-19(17)15-22/h2-9,14-16,18H,10-13H2,1H3,(H,27,29). The minimum Gasteiger partial charge on any atom is -0.465 e. The second-order valence-corrected chi connectivity index (χ2v) is 11.6. The number of carbonyl (C=O) groups is 2. The summed E-state index contributed by atoms with van der Waals surface area (Å²) in [6.07, 6.45) is 0.900. The van der Waals surface area contributed by atoms with Crippen LogP contribution in [0.4, 0.5) is 5.69 Å². The van der Waals surface area contributed by atoms with Gasteiger partial charge in [0.05, 0.1) is 12.0 Å². The Morgan fingerprint density at radius 1 is 0.943 bits per heavy atom. The highest BCUT2D eigenvalue weighted by Gasteiger charge is 2.32. The Morgan fingerprint density at radius 3 is 2.43 bits per heavy atom. The normalized spacial score (nSPS) is 15.3. The summed E-state index contributed by atoms with van der Waals surface area (Å²) in [5.41, 5.74) is 0.642. The van der Waals surface area contributed by atoms with Crippen LogP contribution in [0.2, 0.25) is 0 Å². The molecule has 4 aromatic rings. The predicted molar refractivity (Wildman–Crippen MR) is 137 cm³/mol. The van der Waals surface area contributed by atoms with Crippen molar-refractivity contribution in [1.82, 2.24) is 4.31 Å². The van der Waals surface area contributed by atoms with Crippen molar-refractivity contribution < 1.29 is 22.7 Å². The molecule has 1 aliphatic rings. The molecule has 1 saturated heterocycles. The molecule has 3 aromatic carbocycles. The molecular formula is C26H24N2O5S2. The van der Waals surface area contributed by atoms with Crippen LogP contribution in [0.3, 0.4) is 0 Å². The minimum absolute atomic E-state index is 0.129. The van der Waals surface area contributed by atoms with Crippen LogP contribution in [0.1, 0.15) is 22.5 Å². The molecule has 0 atom stereocenters. The van der Waals surface area contributed by atoms with Gasteiger partial charge in [0.2, 0.25) is 15.9 Å². The summed E-state index contributed by atoms with van der Waals surface area (Å²) < 4.78 is 33.5. The third-order valence-electron chi connectivity index (χ3n) is 6.35. The quantitative estimate of drug-likeness (QED) is 0.388. The van der Waals surface area contributed by atoms with E-state index in [1.807, 2.05) is 42.5 Å². The van der Waals surface area contributed by atoms with Gasteiger partial charge in [0.15, 0.2) is 0 Å². The molecule has 1 amide bonds. The smallest absolute Gasteiger partial charge is 0.348 e. The molecule has 5 rings (SSSR count). The summed E-state index contributed by atoms with van der Waals surface area (Å²) in [6, 6.07) is 20.1. The maximum Gasteiger partial charge on any atom is 0.348 e. The van der Waals surface area contributed by atoms with Crippen LogP contribution in [-0.2, 0) is 19.6 Å². The Labute approximate surface area is 207 Å². The maximum atomic E-state index is 13.2. The van der Waals surface area contributed by atoms with Crippen LogP contribution in [-0.4, -0.2) is 44.8 Å². The first-order valence-corrected chi connectivity index (χ1v) is 13.5. The van der Waals surface area contributed by atoms with Gasteiger partial charge < -0.3 is 10.1 Å². The van der Waals surface area contributed by atoms with Crippen LogP contribution in [0.5, 0.6) is 0 Å². The molecule has 0 unspecified atom stereocenters. The van der Waals surface area contributed by atoms with E-state index in [2.05, 4.69) is 5.32 Å². The number of hydrogen-bond acceptors (Lipinski definition) is 6. The lowest BCUT2D eigenvalue weighted by molar-refractivity contribution is -0.120. The summed E-state index contributed by atoms with van der Waals surface area (Å²) >= 11 is 1.34. The zero-order valence-corrected chi connectivity index (χ0v) is 20.7. The molecule has 0 spiro atoms. The summed E-state index contributed by atoms with van der Waals surface area (Å²) in [5.74, 6) is -0.792. The molecule has 0 aliphatic carbocycles. The predicted octanol–water partition coefficient (Wildman–Crippen LogP) is 4.88. The first-order valence-electron chi connectivity index (χ1n) is 11.3. The van der Waals surface area contributed by atoms with Gasteiger partial charge in [-0.2, -0.15) is 4.31 Å². The summed E-state index contributed by atoms with van der Waals surface area (Å²) in [6.45, 7) is 0.582. The van der Waals surface area contributed by atoms with E-state index in [4.69, 9.17) is 4.74 Å². The fraction of sp³-hybridized carbons (Fsp3) is 0.231. The van der Waals surface area contributed by atoms with Gasteiger partial charge in [-0.05, 0) is 65.4 Å². The number of carbonyl (C=O) groups excluding carboxylic acids is 2. The average molecular weight is 509 g/mol. The number of rotatable bonds is 5. The Hall–Kier alpha value is -3.27. The van der Waals surface area contributed by atoms with Crippen molar-refractivity contribution in [3.05, 3.63) is 71.6 Å². The molecule has 7 nitrogen and oxygen atoms in total. The van der Waals surface area contributed by atoms with Gasteiger partial charge in [-0.3, -0.25) is 4.79 Å². The Morgan fingerprint density at radius 2 is 1.69 bits per heavy atom. The molecule has 180 valence electrons. The van der Waals surface area contributed by atoms with Crippen molar-refractivity contribution in [3.8, 4) is 0 Å². The molecule has 1 fully saturated rings. The lowest BCUT2D eigenvalue weighted by Crippen LogP contribution is -2.41. The number of nitrogens with zero attached hydrogens (tertiary/aromatic N) is 1. The van der Waals surface area contributed by atoms with Crippen molar-refractivity contribution in [2.24, 2.45) is 5.92 Å². The number of benzene rings is 3. The number of hydrogen-bond donors (Lipinski definition) is 1. The second kappa shape index (κ2) is 9.41. The van der Waals surface area contributed by atoms with Gasteiger partial charge in [-0.15, -0.1) is 11.3 Å². The van der Waals surface area contributed by atoms with Crippen LogP contribution < -0.4 is 5.32 Å². The van der Waals surface area contributed by atoms with Crippen molar-refractivity contribution in [2.45, 2.75) is 17.7 Å². The molecule has 0 bridgehead atoms. The largest absolute Gasteiger partial charge is 0.465 e. The van der Waals surface area contributed by atoms with Gasteiger partial charge in [0.25, 0.3) is 0 Å².